The number of hydrogen-bond donors (Lipinski definition) is 0. The third-order valence-electron chi connectivity index (χ3n) is 4.50. The van der Waals surface area contributed by atoms with Gasteiger partial charge in [0.15, 0.2) is 24.8 Å². The van der Waals surface area contributed by atoms with Crippen molar-refractivity contribution in [1.29, 1.82) is 0 Å². The van der Waals surface area contributed by atoms with Crippen LogP contribution in [0.5, 0.6) is 0 Å². The lowest BCUT2D eigenvalue weighted by molar-refractivity contribution is -0.697. The van der Waals surface area contributed by atoms with Crippen LogP contribution in [0.25, 0.3) is 0 Å². The molecular formula is C23H38Cl2N2O6P2. The molecule has 0 radical (unpaired) electrons. The fourth-order valence-corrected chi connectivity index (χ4v) is 4.13. The fourth-order valence-electron chi connectivity index (χ4n) is 2.82. The molecule has 0 bridgehead atoms. The van der Waals surface area contributed by atoms with Gasteiger partial charge >= 0.3 is 4.71 Å². The van der Waals surface area contributed by atoms with Crippen molar-refractivity contribution < 1.29 is 37.1 Å². The Kier molecular flexibility index (Phi) is 21.9. The van der Waals surface area contributed by atoms with Gasteiger partial charge in [0.2, 0.25) is 0 Å². The number of alkyl halides is 2. The van der Waals surface area contributed by atoms with Crippen molar-refractivity contribution >= 4 is 39.7 Å². The van der Waals surface area contributed by atoms with Gasteiger partial charge in [0, 0.05) is 37.1 Å². The molecule has 0 saturated heterocycles. The quantitative estimate of drug-likeness (QED) is 0.107. The molecule has 0 aromatic carbocycles. The first kappa shape index (κ1) is 34.2. The van der Waals surface area contributed by atoms with E-state index < -0.39 is 21.2 Å². The minimum atomic E-state index is -3.69. The highest BCUT2D eigenvalue weighted by atomic mass is 35.5. The van der Waals surface area contributed by atoms with E-state index in [1.807, 2.05) is 0 Å². The minimum absolute atomic E-state index is 1.17. The second-order valence-corrected chi connectivity index (χ2v) is 10.1. The number of aromatic nitrogens is 2. The standard InChI is InChI=1S/2C11H18N.CH4Cl2O6P2/c2*1-2-3-4-6-9-12-10-7-5-8-11-12;2-1(3,8-10(4)5)9-11(6)7/h2*5,7-8,10-11H,2-4,6,9H2,1H3;10-11H,(H,4,5)(H,6,7)/q2*+1;/p-2. The molecule has 200 valence electrons. The maximum atomic E-state index is 9.81. The maximum Gasteiger partial charge on any atom is 0.340 e. The molecule has 0 aliphatic carbocycles. The zero-order valence-corrected chi connectivity index (χ0v) is 24.0. The molecule has 35 heavy (non-hydrogen) atoms. The molecule has 2 heterocycles. The Bertz CT molecular complexity index is 740. The normalized spacial score (nSPS) is 12.5. The second-order valence-electron chi connectivity index (χ2n) is 7.52. The van der Waals surface area contributed by atoms with E-state index in [0.29, 0.717) is 0 Å². The predicted octanol–water partition coefficient (Wildman–Crippen LogP) is 4.72. The average Bonchev–Trinajstić information content (AvgIpc) is 2.80. The minimum Gasteiger partial charge on any atom is -0.781 e. The Morgan fingerprint density at radius 2 is 1.00 bits per heavy atom. The lowest BCUT2D eigenvalue weighted by Gasteiger charge is -2.22. The summed E-state index contributed by atoms with van der Waals surface area (Å²) in [5, 5.41) is 0. The Balaban J connectivity index is 0.000000496. The van der Waals surface area contributed by atoms with E-state index in [1.54, 1.807) is 0 Å². The summed E-state index contributed by atoms with van der Waals surface area (Å²) in [6, 6.07) is 12.4. The summed E-state index contributed by atoms with van der Waals surface area (Å²) < 4.78 is 28.8. The van der Waals surface area contributed by atoms with E-state index in [1.165, 1.54) is 64.5 Å². The molecule has 0 aliphatic rings. The van der Waals surface area contributed by atoms with Gasteiger partial charge in [0.1, 0.15) is 29.6 Å². The molecule has 0 spiro atoms. The molecule has 2 aromatic rings. The van der Waals surface area contributed by atoms with Crippen LogP contribution < -0.4 is 18.9 Å². The van der Waals surface area contributed by atoms with E-state index in [2.05, 4.69) is 93.2 Å². The zero-order valence-electron chi connectivity index (χ0n) is 20.4. The van der Waals surface area contributed by atoms with Crippen LogP contribution in [-0.2, 0) is 31.3 Å². The van der Waals surface area contributed by atoms with Crippen LogP contribution in [-0.4, -0.2) is 4.71 Å². The molecule has 12 heteroatoms. The smallest absolute Gasteiger partial charge is 0.340 e. The van der Waals surface area contributed by atoms with E-state index in [9.17, 15) is 18.9 Å². The van der Waals surface area contributed by atoms with Crippen molar-refractivity contribution in [3.8, 4) is 0 Å². The van der Waals surface area contributed by atoms with Gasteiger partial charge in [-0.15, -0.1) is 0 Å². The number of rotatable bonds is 14. The Labute approximate surface area is 220 Å². The predicted molar refractivity (Wildman–Crippen MR) is 136 cm³/mol. The number of pyridine rings is 2. The summed E-state index contributed by atoms with van der Waals surface area (Å²) in [4.78, 5) is 19.6. The molecule has 2 rings (SSSR count). The fraction of sp³-hybridized carbons (Fsp3) is 0.565. The van der Waals surface area contributed by atoms with Crippen molar-refractivity contribution in [2.75, 3.05) is 0 Å². The summed E-state index contributed by atoms with van der Waals surface area (Å²) >= 11 is 9.80. The highest BCUT2D eigenvalue weighted by Crippen LogP contribution is 2.37. The monoisotopic (exact) mass is 570 g/mol. The van der Waals surface area contributed by atoms with Gasteiger partial charge in [-0.1, -0.05) is 51.7 Å². The van der Waals surface area contributed by atoms with Crippen LogP contribution in [0, 0.1) is 0 Å². The Morgan fingerprint density at radius 3 is 1.29 bits per heavy atom. The molecule has 2 unspecified atom stereocenters. The zero-order chi connectivity index (χ0) is 26.4. The lowest BCUT2D eigenvalue weighted by atomic mass is 10.2. The van der Waals surface area contributed by atoms with Crippen LogP contribution >= 0.6 is 39.7 Å². The first-order valence-corrected chi connectivity index (χ1v) is 15.0. The number of nitrogens with zero attached hydrogens (tertiary/aromatic N) is 2. The van der Waals surface area contributed by atoms with Crippen molar-refractivity contribution in [3.63, 3.8) is 0 Å². The first-order chi connectivity index (χ1) is 16.7. The lowest BCUT2D eigenvalue weighted by Crippen LogP contribution is -2.32. The summed E-state index contributed by atoms with van der Waals surface area (Å²) in [5.41, 5.74) is 0. The third-order valence-corrected chi connectivity index (χ3v) is 6.23. The number of aryl methyl sites for hydroxylation is 2. The highest BCUT2D eigenvalue weighted by Gasteiger charge is 2.26. The number of halogens is 2. The van der Waals surface area contributed by atoms with Gasteiger partial charge in [0.25, 0.3) is 0 Å². The Morgan fingerprint density at radius 1 is 0.657 bits per heavy atom. The van der Waals surface area contributed by atoms with Crippen LogP contribution in [0.2, 0.25) is 0 Å². The van der Waals surface area contributed by atoms with Crippen molar-refractivity contribution in [3.05, 3.63) is 61.2 Å². The van der Waals surface area contributed by atoms with E-state index >= 15 is 0 Å². The van der Waals surface area contributed by atoms with E-state index in [4.69, 9.17) is 23.2 Å². The number of hydrogen-bond acceptors (Lipinski definition) is 6. The van der Waals surface area contributed by atoms with Gasteiger partial charge in [-0.3, -0.25) is 9.05 Å². The molecule has 8 nitrogen and oxygen atoms in total. The Hall–Kier alpha value is -0.820. The van der Waals surface area contributed by atoms with Crippen LogP contribution in [0.3, 0.4) is 0 Å². The van der Waals surface area contributed by atoms with Gasteiger partial charge in [-0.25, -0.2) is 9.13 Å². The average molecular weight is 571 g/mol. The van der Waals surface area contributed by atoms with Crippen molar-refractivity contribution in [2.45, 2.75) is 83.0 Å². The number of unbranched alkanes of at least 4 members (excludes halogenated alkanes) is 6. The van der Waals surface area contributed by atoms with Crippen LogP contribution in [0.1, 0.15) is 65.2 Å². The summed E-state index contributed by atoms with van der Waals surface area (Å²) in [6.07, 6.45) is 19.2. The van der Waals surface area contributed by atoms with Crippen molar-refractivity contribution in [2.24, 2.45) is 0 Å². The van der Waals surface area contributed by atoms with Crippen LogP contribution in [0.15, 0.2) is 61.2 Å². The second kappa shape index (κ2) is 22.4. The molecule has 0 aliphatic heterocycles. The molecule has 2 atom stereocenters. The van der Waals surface area contributed by atoms with Gasteiger partial charge in [-0.2, -0.15) is 0 Å². The molecule has 0 fully saturated rings. The van der Waals surface area contributed by atoms with E-state index in [0.717, 1.165) is 0 Å². The summed E-state index contributed by atoms with van der Waals surface area (Å²) in [7, 11) is -7.37. The topological polar surface area (TPSA) is 106 Å². The van der Waals surface area contributed by atoms with Gasteiger partial charge < -0.3 is 18.9 Å². The van der Waals surface area contributed by atoms with Crippen LogP contribution in [0.4, 0.5) is 0 Å². The summed E-state index contributed by atoms with van der Waals surface area (Å²) in [5.74, 6) is 0. The molecular weight excluding hydrogens is 533 g/mol. The molecule has 0 N–H and O–H groups in total. The molecule has 2 aromatic heterocycles. The highest BCUT2D eigenvalue weighted by molar-refractivity contribution is 7.31. The third kappa shape index (κ3) is 23.3. The van der Waals surface area contributed by atoms with E-state index in [-0.39, 0.29) is 0 Å². The molecule has 0 saturated carbocycles. The molecule has 0 amide bonds. The van der Waals surface area contributed by atoms with Gasteiger partial charge in [-0.05, 0) is 36.0 Å². The first-order valence-electron chi connectivity index (χ1n) is 11.8. The van der Waals surface area contributed by atoms with Gasteiger partial charge in [0.05, 0.1) is 0 Å². The largest absolute Gasteiger partial charge is 0.781 e. The van der Waals surface area contributed by atoms with Crippen molar-refractivity contribution in [1.82, 2.24) is 0 Å². The summed E-state index contributed by atoms with van der Waals surface area (Å²) in [6.45, 7) is 6.83. The SMILES string of the molecule is CCCCCC[n+]1ccccc1.CCCCCC[n+]1ccccc1.O=[PH]([O-])OC(Cl)(Cl)O[PH](=O)[O-]. The maximum absolute atomic E-state index is 9.81.